The van der Waals surface area contributed by atoms with E-state index in [1.807, 2.05) is 0 Å². The minimum absolute atomic E-state index is 0.105. The second-order valence-corrected chi connectivity index (χ2v) is 3.99. The van der Waals surface area contributed by atoms with Crippen molar-refractivity contribution in [3.05, 3.63) is 28.8 Å². The van der Waals surface area contributed by atoms with E-state index in [2.05, 4.69) is 0 Å². The molecule has 1 atom stereocenters. The summed E-state index contributed by atoms with van der Waals surface area (Å²) in [6.07, 6.45) is -0.473. The Kier molecular flexibility index (Phi) is 3.73. The average Bonchev–Trinajstić information content (AvgIpc) is 2.21. The number of rotatable bonds is 4. The van der Waals surface area contributed by atoms with Gasteiger partial charge in [-0.2, -0.15) is 0 Å². The van der Waals surface area contributed by atoms with E-state index in [9.17, 15) is 14.7 Å². The number of benzene rings is 1. The highest BCUT2D eigenvalue weighted by Crippen LogP contribution is 2.28. The van der Waals surface area contributed by atoms with Crippen molar-refractivity contribution in [1.82, 2.24) is 0 Å². The maximum Gasteiger partial charge on any atom is 0.311 e. The highest BCUT2D eigenvalue weighted by molar-refractivity contribution is 5.82. The van der Waals surface area contributed by atoms with Gasteiger partial charge in [-0.15, -0.1) is 0 Å². The molecule has 1 aromatic carbocycles. The lowest BCUT2D eigenvalue weighted by Gasteiger charge is -2.13. The number of carboxylic acids is 2. The lowest BCUT2D eigenvalue weighted by Crippen LogP contribution is -2.16. The maximum atomic E-state index is 11.0. The van der Waals surface area contributed by atoms with Gasteiger partial charge in [-0.05, 0) is 30.5 Å². The molecule has 0 saturated carbocycles. The molecular formula is C12H14O5. The molecule has 5 nitrogen and oxygen atoms in total. The third-order valence-corrected chi connectivity index (χ3v) is 2.59. The second-order valence-electron chi connectivity index (χ2n) is 3.99. The largest absolute Gasteiger partial charge is 0.507 e. The SMILES string of the molecule is Cc1cc(C(CC(=O)O)C(=O)O)cc(C)c1O. The zero-order chi connectivity index (χ0) is 13.2. The summed E-state index contributed by atoms with van der Waals surface area (Å²) in [6.45, 7) is 3.29. The van der Waals surface area contributed by atoms with Crippen LogP contribution in [0.2, 0.25) is 0 Å². The van der Waals surface area contributed by atoms with Crippen LogP contribution in [0.15, 0.2) is 12.1 Å². The van der Waals surface area contributed by atoms with E-state index in [0.717, 1.165) is 0 Å². The van der Waals surface area contributed by atoms with Gasteiger partial charge in [0.15, 0.2) is 0 Å². The molecule has 0 spiro atoms. The third-order valence-electron chi connectivity index (χ3n) is 2.59. The quantitative estimate of drug-likeness (QED) is 0.741. The molecule has 0 radical (unpaired) electrons. The first-order valence-corrected chi connectivity index (χ1v) is 5.07. The summed E-state index contributed by atoms with van der Waals surface area (Å²) in [5, 5.41) is 27.2. The third kappa shape index (κ3) is 2.96. The molecule has 0 aliphatic rings. The first-order valence-electron chi connectivity index (χ1n) is 5.07. The van der Waals surface area contributed by atoms with Crippen molar-refractivity contribution in [2.24, 2.45) is 0 Å². The Morgan fingerprint density at radius 3 is 2.00 bits per heavy atom. The Morgan fingerprint density at radius 2 is 1.65 bits per heavy atom. The Morgan fingerprint density at radius 1 is 1.18 bits per heavy atom. The summed E-state index contributed by atoms with van der Waals surface area (Å²) in [4.78, 5) is 21.6. The van der Waals surface area contributed by atoms with E-state index in [4.69, 9.17) is 10.2 Å². The van der Waals surface area contributed by atoms with Gasteiger partial charge >= 0.3 is 11.9 Å². The zero-order valence-corrected chi connectivity index (χ0v) is 9.60. The van der Waals surface area contributed by atoms with E-state index >= 15 is 0 Å². The average molecular weight is 238 g/mol. The van der Waals surface area contributed by atoms with Gasteiger partial charge in [0.25, 0.3) is 0 Å². The van der Waals surface area contributed by atoms with Crippen LogP contribution in [0, 0.1) is 13.8 Å². The number of hydrogen-bond donors (Lipinski definition) is 3. The smallest absolute Gasteiger partial charge is 0.311 e. The number of hydrogen-bond acceptors (Lipinski definition) is 3. The van der Waals surface area contributed by atoms with Gasteiger partial charge in [0.2, 0.25) is 0 Å². The van der Waals surface area contributed by atoms with Crippen LogP contribution >= 0.6 is 0 Å². The van der Waals surface area contributed by atoms with Crippen LogP contribution in [-0.2, 0) is 9.59 Å². The van der Waals surface area contributed by atoms with Crippen molar-refractivity contribution >= 4 is 11.9 Å². The molecule has 5 heteroatoms. The van der Waals surface area contributed by atoms with Crippen molar-refractivity contribution in [3.8, 4) is 5.75 Å². The predicted octanol–water partition coefficient (Wildman–Crippen LogP) is 1.65. The molecule has 0 saturated heterocycles. The second kappa shape index (κ2) is 4.86. The summed E-state index contributed by atoms with van der Waals surface area (Å²) >= 11 is 0. The first kappa shape index (κ1) is 13.0. The minimum Gasteiger partial charge on any atom is -0.507 e. The van der Waals surface area contributed by atoms with E-state index in [0.29, 0.717) is 16.7 Å². The van der Waals surface area contributed by atoms with Crippen LogP contribution in [0.1, 0.15) is 29.0 Å². The molecule has 0 amide bonds. The van der Waals surface area contributed by atoms with Gasteiger partial charge in [0.05, 0.1) is 12.3 Å². The van der Waals surface area contributed by atoms with E-state index in [-0.39, 0.29) is 5.75 Å². The maximum absolute atomic E-state index is 11.0. The molecule has 17 heavy (non-hydrogen) atoms. The fraction of sp³-hybridized carbons (Fsp3) is 0.333. The number of phenolic OH excluding ortho intramolecular Hbond substituents is 1. The number of phenols is 1. The number of carboxylic acid groups (broad SMARTS) is 2. The minimum atomic E-state index is -1.18. The van der Waals surface area contributed by atoms with Crippen LogP contribution in [0.25, 0.3) is 0 Å². The van der Waals surface area contributed by atoms with Gasteiger partial charge in [-0.3, -0.25) is 9.59 Å². The molecule has 0 aliphatic carbocycles. The lowest BCUT2D eigenvalue weighted by atomic mass is 9.92. The summed E-state index contributed by atoms with van der Waals surface area (Å²) in [5.74, 6) is -3.34. The fourth-order valence-corrected chi connectivity index (χ4v) is 1.71. The highest BCUT2D eigenvalue weighted by Gasteiger charge is 2.24. The van der Waals surface area contributed by atoms with Gasteiger partial charge in [0.1, 0.15) is 5.75 Å². The Labute approximate surface area is 98.3 Å². The Hall–Kier alpha value is -2.04. The Bertz CT molecular complexity index is 441. The van der Waals surface area contributed by atoms with Crippen molar-refractivity contribution in [1.29, 1.82) is 0 Å². The van der Waals surface area contributed by atoms with Crippen LogP contribution in [0.3, 0.4) is 0 Å². The zero-order valence-electron chi connectivity index (χ0n) is 9.60. The van der Waals surface area contributed by atoms with Crippen molar-refractivity contribution in [2.45, 2.75) is 26.2 Å². The van der Waals surface area contributed by atoms with E-state index < -0.39 is 24.3 Å². The highest BCUT2D eigenvalue weighted by atomic mass is 16.4. The van der Waals surface area contributed by atoms with Crippen LogP contribution in [0.5, 0.6) is 5.75 Å². The molecule has 1 unspecified atom stereocenters. The first-order chi connectivity index (χ1) is 7.82. The summed E-state index contributed by atoms with van der Waals surface area (Å²) in [5.41, 5.74) is 1.47. The van der Waals surface area contributed by atoms with Crippen molar-refractivity contribution < 1.29 is 24.9 Å². The van der Waals surface area contributed by atoms with Crippen molar-refractivity contribution in [2.75, 3.05) is 0 Å². The predicted molar refractivity (Wildman–Crippen MR) is 60.2 cm³/mol. The fourth-order valence-electron chi connectivity index (χ4n) is 1.71. The molecule has 0 bridgehead atoms. The normalized spacial score (nSPS) is 12.1. The molecule has 92 valence electrons. The topological polar surface area (TPSA) is 94.8 Å². The van der Waals surface area contributed by atoms with Crippen molar-refractivity contribution in [3.63, 3.8) is 0 Å². The molecule has 1 rings (SSSR count). The van der Waals surface area contributed by atoms with Gasteiger partial charge in [0, 0.05) is 0 Å². The number of carbonyl (C=O) groups is 2. The summed E-state index contributed by atoms with van der Waals surface area (Å²) in [6, 6.07) is 3.01. The number of aromatic hydroxyl groups is 1. The lowest BCUT2D eigenvalue weighted by molar-refractivity contribution is -0.145. The van der Waals surface area contributed by atoms with Crippen LogP contribution < -0.4 is 0 Å². The molecule has 0 heterocycles. The summed E-state index contributed by atoms with van der Waals surface area (Å²) in [7, 11) is 0. The summed E-state index contributed by atoms with van der Waals surface area (Å²) < 4.78 is 0. The number of aliphatic carboxylic acids is 2. The standard InChI is InChI=1S/C12H14O5/c1-6-3-8(4-7(2)11(6)15)9(12(16)17)5-10(13)14/h3-4,9,15H,5H2,1-2H3,(H,13,14)(H,16,17). The molecule has 0 aromatic heterocycles. The molecule has 1 aromatic rings. The van der Waals surface area contributed by atoms with Gasteiger partial charge in [-0.25, -0.2) is 0 Å². The molecule has 3 N–H and O–H groups in total. The molecule has 0 fully saturated rings. The van der Waals surface area contributed by atoms with Crippen LogP contribution in [0.4, 0.5) is 0 Å². The van der Waals surface area contributed by atoms with Crippen LogP contribution in [-0.4, -0.2) is 27.3 Å². The van der Waals surface area contributed by atoms with Gasteiger partial charge < -0.3 is 15.3 Å². The molecule has 0 aliphatic heterocycles. The van der Waals surface area contributed by atoms with Gasteiger partial charge in [-0.1, -0.05) is 12.1 Å². The number of aryl methyl sites for hydroxylation is 2. The van der Waals surface area contributed by atoms with E-state index in [1.165, 1.54) is 12.1 Å². The molecular weight excluding hydrogens is 224 g/mol. The monoisotopic (exact) mass is 238 g/mol. The Balaban J connectivity index is 3.19. The van der Waals surface area contributed by atoms with E-state index in [1.54, 1.807) is 13.8 Å².